The lowest BCUT2D eigenvalue weighted by atomic mass is 10.1. The maximum atomic E-state index is 8.95. The molecule has 1 aromatic heterocycles. The number of nitrogens with zero attached hydrogens (tertiary/aromatic N) is 6. The van der Waals surface area contributed by atoms with Gasteiger partial charge in [0.05, 0.1) is 18.2 Å². The molecule has 0 spiro atoms. The van der Waals surface area contributed by atoms with Crippen LogP contribution in [0.3, 0.4) is 0 Å². The van der Waals surface area contributed by atoms with Crippen LogP contribution in [0.25, 0.3) is 5.70 Å². The summed E-state index contributed by atoms with van der Waals surface area (Å²) in [4.78, 5) is 15.8. The Bertz CT molecular complexity index is 1140. The van der Waals surface area contributed by atoms with Crippen molar-refractivity contribution in [1.82, 2.24) is 9.80 Å². The minimum atomic E-state index is 0.339. The molecule has 2 aromatic rings. The SMILES string of the molecule is C=N/C(=C(/C)C=Nc1ccc(N2CCN(C)CC2)cc1)c1cc2c(o1)CCN(C(=C)CC#N)C2. The van der Waals surface area contributed by atoms with Gasteiger partial charge in [0, 0.05) is 68.9 Å². The summed E-state index contributed by atoms with van der Waals surface area (Å²) in [5.74, 6) is 1.66. The molecule has 3 heterocycles. The topological polar surface area (TPSA) is 71.4 Å². The number of furan rings is 1. The van der Waals surface area contributed by atoms with Crippen LogP contribution in [0, 0.1) is 11.3 Å². The van der Waals surface area contributed by atoms with Crippen molar-refractivity contribution < 1.29 is 4.42 Å². The maximum absolute atomic E-state index is 8.95. The van der Waals surface area contributed by atoms with Crippen LogP contribution in [0.1, 0.15) is 30.4 Å². The Hall–Kier alpha value is -3.63. The molecule has 7 nitrogen and oxygen atoms in total. The first-order chi connectivity index (χ1) is 16.5. The summed E-state index contributed by atoms with van der Waals surface area (Å²) in [5.41, 5.74) is 5.65. The van der Waals surface area contributed by atoms with Crippen LogP contribution < -0.4 is 4.90 Å². The first kappa shape index (κ1) is 23.5. The Kier molecular flexibility index (Phi) is 7.29. The lowest BCUT2D eigenvalue weighted by Crippen LogP contribution is -2.44. The summed E-state index contributed by atoms with van der Waals surface area (Å²) >= 11 is 0. The van der Waals surface area contributed by atoms with Crippen LogP contribution in [0.5, 0.6) is 0 Å². The number of piperazine rings is 1. The van der Waals surface area contributed by atoms with Crippen LogP contribution in [0.4, 0.5) is 11.4 Å². The third-order valence-corrected chi connectivity index (χ3v) is 6.49. The summed E-state index contributed by atoms with van der Waals surface area (Å²) in [7, 11) is 2.16. The Morgan fingerprint density at radius 2 is 1.91 bits per heavy atom. The summed E-state index contributed by atoms with van der Waals surface area (Å²) in [5, 5.41) is 8.95. The van der Waals surface area contributed by atoms with Gasteiger partial charge in [-0.15, -0.1) is 0 Å². The van der Waals surface area contributed by atoms with Crippen molar-refractivity contribution in [2.75, 3.05) is 44.7 Å². The second-order valence-electron chi connectivity index (χ2n) is 8.89. The number of likely N-dealkylation sites (N-methyl/N-ethyl adjacent to an activating group) is 1. The van der Waals surface area contributed by atoms with Crippen molar-refractivity contribution in [1.29, 1.82) is 5.26 Å². The van der Waals surface area contributed by atoms with Gasteiger partial charge in [0.15, 0.2) is 5.76 Å². The predicted molar refractivity (Wildman–Crippen MR) is 139 cm³/mol. The quantitative estimate of drug-likeness (QED) is 0.567. The largest absolute Gasteiger partial charge is 0.459 e. The minimum Gasteiger partial charge on any atom is -0.459 e. The molecule has 0 unspecified atom stereocenters. The van der Waals surface area contributed by atoms with E-state index >= 15 is 0 Å². The predicted octanol–water partition coefficient (Wildman–Crippen LogP) is 4.65. The number of benzene rings is 1. The van der Waals surface area contributed by atoms with Gasteiger partial charge < -0.3 is 19.1 Å². The molecule has 0 radical (unpaired) electrons. The van der Waals surface area contributed by atoms with Crippen molar-refractivity contribution in [3.05, 3.63) is 65.3 Å². The zero-order valence-corrected chi connectivity index (χ0v) is 20.1. The molecule has 0 bridgehead atoms. The van der Waals surface area contributed by atoms with Crippen LogP contribution >= 0.6 is 0 Å². The zero-order chi connectivity index (χ0) is 24.1. The van der Waals surface area contributed by atoms with Gasteiger partial charge in [-0.3, -0.25) is 9.98 Å². The molecule has 0 N–H and O–H groups in total. The van der Waals surface area contributed by atoms with Gasteiger partial charge in [0.1, 0.15) is 11.5 Å². The van der Waals surface area contributed by atoms with Crippen molar-refractivity contribution in [3.8, 4) is 6.07 Å². The lowest BCUT2D eigenvalue weighted by Gasteiger charge is -2.34. The van der Waals surface area contributed by atoms with E-state index in [1.54, 1.807) is 0 Å². The van der Waals surface area contributed by atoms with E-state index in [9.17, 15) is 0 Å². The molecular weight excluding hydrogens is 424 g/mol. The molecular formula is C27H32N6O. The number of aliphatic imine (C=N–C) groups is 2. The molecule has 1 fully saturated rings. The van der Waals surface area contributed by atoms with E-state index in [4.69, 9.17) is 9.68 Å². The molecule has 0 saturated carbocycles. The lowest BCUT2D eigenvalue weighted by molar-refractivity contribution is 0.299. The fraction of sp³-hybridized carbons (Fsp3) is 0.370. The molecule has 2 aliphatic rings. The number of hydrogen-bond donors (Lipinski definition) is 0. The minimum absolute atomic E-state index is 0.339. The fourth-order valence-corrected chi connectivity index (χ4v) is 4.37. The first-order valence-electron chi connectivity index (χ1n) is 11.7. The smallest absolute Gasteiger partial charge is 0.153 e. The molecule has 0 amide bonds. The Labute approximate surface area is 202 Å². The molecule has 34 heavy (non-hydrogen) atoms. The summed E-state index contributed by atoms with van der Waals surface area (Å²) in [6.07, 6.45) is 2.93. The van der Waals surface area contributed by atoms with Crippen LogP contribution in [-0.4, -0.2) is 62.5 Å². The molecule has 0 atom stereocenters. The van der Waals surface area contributed by atoms with Crippen molar-refractivity contribution in [2.24, 2.45) is 9.98 Å². The average molecular weight is 457 g/mol. The van der Waals surface area contributed by atoms with Gasteiger partial charge in [-0.25, -0.2) is 0 Å². The van der Waals surface area contributed by atoms with Gasteiger partial charge in [-0.2, -0.15) is 5.26 Å². The number of rotatable bonds is 7. The van der Waals surface area contributed by atoms with Gasteiger partial charge in [0.2, 0.25) is 0 Å². The van der Waals surface area contributed by atoms with Gasteiger partial charge in [-0.05, 0) is 56.6 Å². The number of allylic oxidation sites excluding steroid dienone is 2. The van der Waals surface area contributed by atoms with Crippen LogP contribution in [-0.2, 0) is 13.0 Å². The van der Waals surface area contributed by atoms with E-state index in [2.05, 4.69) is 63.2 Å². The third-order valence-electron chi connectivity index (χ3n) is 6.49. The Morgan fingerprint density at radius 1 is 1.18 bits per heavy atom. The average Bonchev–Trinajstić information content (AvgIpc) is 3.27. The number of fused-ring (bicyclic) bond motifs is 1. The Balaban J connectivity index is 1.46. The van der Waals surface area contributed by atoms with Gasteiger partial charge in [0.25, 0.3) is 0 Å². The van der Waals surface area contributed by atoms with Crippen molar-refractivity contribution in [2.45, 2.75) is 26.3 Å². The summed E-state index contributed by atoms with van der Waals surface area (Å²) in [6.45, 7) is 15.5. The molecule has 7 heteroatoms. The number of nitriles is 1. The highest BCUT2D eigenvalue weighted by molar-refractivity contribution is 5.91. The summed E-state index contributed by atoms with van der Waals surface area (Å²) < 4.78 is 6.13. The molecule has 176 valence electrons. The number of hydrogen-bond acceptors (Lipinski definition) is 7. The standard InChI is InChI=1S/C27H32N6O/c1-20(18-30-23-5-7-24(8-6-23)32-15-13-31(4)14-16-32)27(29-3)26-17-22-19-33(21(2)9-11-28)12-10-25(22)34-26/h5-8,17-18H,2-3,9-10,12-16,19H2,1,4H3/b27-20-,30-18?. The van der Waals surface area contributed by atoms with E-state index < -0.39 is 0 Å². The fourth-order valence-electron chi connectivity index (χ4n) is 4.37. The highest BCUT2D eigenvalue weighted by Gasteiger charge is 2.23. The third kappa shape index (κ3) is 5.29. The normalized spacial score (nSPS) is 17.3. The zero-order valence-electron chi connectivity index (χ0n) is 20.1. The van der Waals surface area contributed by atoms with Gasteiger partial charge >= 0.3 is 0 Å². The maximum Gasteiger partial charge on any atom is 0.153 e. The second-order valence-corrected chi connectivity index (χ2v) is 8.89. The van der Waals surface area contributed by atoms with Crippen LogP contribution in [0.15, 0.2) is 62.6 Å². The second kappa shape index (κ2) is 10.5. The van der Waals surface area contributed by atoms with Gasteiger partial charge in [-0.1, -0.05) is 6.58 Å². The highest BCUT2D eigenvalue weighted by Crippen LogP contribution is 2.30. The van der Waals surface area contributed by atoms with E-state index in [0.717, 1.165) is 67.4 Å². The van der Waals surface area contributed by atoms with E-state index in [0.29, 0.717) is 24.4 Å². The van der Waals surface area contributed by atoms with Crippen molar-refractivity contribution in [3.63, 3.8) is 0 Å². The highest BCUT2D eigenvalue weighted by atomic mass is 16.3. The molecule has 2 aliphatic heterocycles. The molecule has 4 rings (SSSR count). The number of anilines is 1. The van der Waals surface area contributed by atoms with Crippen LogP contribution in [0.2, 0.25) is 0 Å². The monoisotopic (exact) mass is 456 g/mol. The summed E-state index contributed by atoms with van der Waals surface area (Å²) in [6, 6.07) is 12.6. The van der Waals surface area contributed by atoms with Crippen molar-refractivity contribution >= 4 is 30.0 Å². The molecule has 1 saturated heterocycles. The first-order valence-corrected chi connectivity index (χ1v) is 11.7. The molecule has 1 aromatic carbocycles. The molecule has 0 aliphatic carbocycles. The Morgan fingerprint density at radius 3 is 2.59 bits per heavy atom. The van der Waals surface area contributed by atoms with E-state index in [1.807, 2.05) is 31.3 Å². The van der Waals surface area contributed by atoms with E-state index in [1.165, 1.54) is 5.69 Å². The van der Waals surface area contributed by atoms with E-state index in [-0.39, 0.29) is 0 Å².